The largest absolute Gasteiger partial charge is 0.457 e. The minimum absolute atomic E-state index is 0.191. The monoisotopic (exact) mass is 760 g/mol. The summed E-state index contributed by atoms with van der Waals surface area (Å²) in [7, 11) is 0. The Kier molecular flexibility index (Phi) is 39.4. The maximum atomic E-state index is 12.6. The van der Waals surface area contributed by atoms with Gasteiger partial charge in [0.25, 0.3) is 0 Å². The summed E-state index contributed by atoms with van der Waals surface area (Å²) < 4.78 is 28.7. The summed E-state index contributed by atoms with van der Waals surface area (Å²) in [6, 6.07) is 0. The first-order chi connectivity index (χ1) is 26.8. The number of rotatable bonds is 41. The number of unbranched alkanes of at least 4 members (excludes halogenated alkanes) is 16. The van der Waals surface area contributed by atoms with Gasteiger partial charge in [0.15, 0.2) is 0 Å². The zero-order chi connectivity index (χ0) is 38.7. The molecule has 0 amide bonds. The van der Waals surface area contributed by atoms with Gasteiger partial charge < -0.3 is 28.6 Å². The van der Waals surface area contributed by atoms with Crippen molar-refractivity contribution in [1.29, 1.82) is 0 Å². The van der Waals surface area contributed by atoms with Gasteiger partial charge in [-0.1, -0.05) is 127 Å². The fourth-order valence-electron chi connectivity index (χ4n) is 6.44. The molecule has 0 aromatic heterocycles. The Morgan fingerprint density at radius 1 is 0.519 bits per heavy atom. The van der Waals surface area contributed by atoms with Crippen LogP contribution in [0.3, 0.4) is 0 Å². The quantitative estimate of drug-likeness (QED) is 0.0266. The van der Waals surface area contributed by atoms with E-state index < -0.39 is 6.10 Å². The van der Waals surface area contributed by atoms with Gasteiger partial charge in [0.1, 0.15) is 19.7 Å². The molecule has 54 heavy (non-hydrogen) atoms. The molecule has 1 unspecified atom stereocenters. The first kappa shape index (κ1) is 50.2. The second kappa shape index (κ2) is 42.4. The normalized spacial score (nSPS) is 14.6. The molecule has 7 nitrogen and oxygen atoms in total. The molecule has 1 aliphatic rings. The Bertz CT molecular complexity index is 897. The molecule has 1 atom stereocenters. The predicted octanol–water partition coefficient (Wildman–Crippen LogP) is 12.6. The molecule has 0 radical (unpaired) electrons. The lowest BCUT2D eigenvalue weighted by atomic mass is 10.1. The first-order valence-corrected chi connectivity index (χ1v) is 22.6. The third-order valence-corrected chi connectivity index (χ3v) is 9.77. The SMILES string of the molecule is CCCCCC=CCC=CCCCCCCCCOCOCC(COCOCCCCCCC=CCC=CCCCCC)OC(=O)CCCN1CCCC1. The van der Waals surface area contributed by atoms with Crippen molar-refractivity contribution in [2.75, 3.05) is 59.6 Å². The van der Waals surface area contributed by atoms with Gasteiger partial charge in [-0.2, -0.15) is 0 Å². The minimum atomic E-state index is -0.469. The van der Waals surface area contributed by atoms with Crippen LogP contribution < -0.4 is 0 Å². The number of carbonyl (C=O) groups is 1. The van der Waals surface area contributed by atoms with Crippen molar-refractivity contribution in [2.45, 2.75) is 187 Å². The molecule has 0 spiro atoms. The Hall–Kier alpha value is -1.77. The van der Waals surface area contributed by atoms with Crippen molar-refractivity contribution in [1.82, 2.24) is 4.90 Å². The second-order valence-corrected chi connectivity index (χ2v) is 15.0. The van der Waals surface area contributed by atoms with Gasteiger partial charge in [-0.25, -0.2) is 0 Å². The van der Waals surface area contributed by atoms with E-state index in [0.717, 1.165) is 64.6 Å². The first-order valence-electron chi connectivity index (χ1n) is 22.6. The van der Waals surface area contributed by atoms with Crippen molar-refractivity contribution in [3.8, 4) is 0 Å². The molecule has 7 heteroatoms. The summed E-state index contributed by atoms with van der Waals surface area (Å²) in [5.41, 5.74) is 0. The van der Waals surface area contributed by atoms with Crippen molar-refractivity contribution in [2.24, 2.45) is 0 Å². The van der Waals surface area contributed by atoms with Gasteiger partial charge in [-0.15, -0.1) is 0 Å². The maximum Gasteiger partial charge on any atom is 0.306 e. The van der Waals surface area contributed by atoms with Gasteiger partial charge in [-0.05, 0) is 116 Å². The van der Waals surface area contributed by atoms with Crippen molar-refractivity contribution >= 4 is 5.97 Å². The van der Waals surface area contributed by atoms with E-state index in [1.165, 1.54) is 116 Å². The van der Waals surface area contributed by atoms with Crippen molar-refractivity contribution in [3.63, 3.8) is 0 Å². The Morgan fingerprint density at radius 3 is 1.41 bits per heavy atom. The lowest BCUT2D eigenvalue weighted by molar-refractivity contribution is -0.165. The maximum absolute atomic E-state index is 12.6. The molecule has 1 heterocycles. The highest BCUT2D eigenvalue weighted by Gasteiger charge is 2.17. The van der Waals surface area contributed by atoms with Crippen LogP contribution in [0, 0.1) is 0 Å². The molecular formula is C47H85NO6. The van der Waals surface area contributed by atoms with E-state index >= 15 is 0 Å². The molecule has 0 N–H and O–H groups in total. The van der Waals surface area contributed by atoms with Gasteiger partial charge in [0.05, 0.1) is 13.2 Å². The molecule has 1 aliphatic heterocycles. The summed E-state index contributed by atoms with van der Waals surface area (Å²) in [5, 5.41) is 0. The minimum Gasteiger partial charge on any atom is -0.457 e. The van der Waals surface area contributed by atoms with Crippen molar-refractivity contribution in [3.05, 3.63) is 48.6 Å². The van der Waals surface area contributed by atoms with Crippen molar-refractivity contribution < 1.29 is 28.5 Å². The van der Waals surface area contributed by atoms with Crippen LogP contribution in [0.15, 0.2) is 48.6 Å². The Morgan fingerprint density at radius 2 is 0.944 bits per heavy atom. The average Bonchev–Trinajstić information content (AvgIpc) is 3.70. The smallest absolute Gasteiger partial charge is 0.306 e. The summed E-state index contributed by atoms with van der Waals surface area (Å²) in [4.78, 5) is 15.0. The van der Waals surface area contributed by atoms with Crippen LogP contribution in [0.4, 0.5) is 0 Å². The fourth-order valence-corrected chi connectivity index (χ4v) is 6.44. The average molecular weight is 760 g/mol. The topological polar surface area (TPSA) is 66.5 Å². The number of hydrogen-bond donors (Lipinski definition) is 0. The molecule has 0 aromatic rings. The van der Waals surface area contributed by atoms with Crippen LogP contribution in [0.5, 0.6) is 0 Å². The van der Waals surface area contributed by atoms with E-state index in [-0.39, 0.29) is 32.8 Å². The van der Waals surface area contributed by atoms with E-state index in [4.69, 9.17) is 23.7 Å². The lowest BCUT2D eigenvalue weighted by Crippen LogP contribution is -2.30. The lowest BCUT2D eigenvalue weighted by Gasteiger charge is -2.19. The highest BCUT2D eigenvalue weighted by Crippen LogP contribution is 2.11. The van der Waals surface area contributed by atoms with Crippen LogP contribution >= 0.6 is 0 Å². The number of likely N-dealkylation sites (tertiary alicyclic amines) is 1. The van der Waals surface area contributed by atoms with Gasteiger partial charge in [0.2, 0.25) is 0 Å². The summed E-state index contributed by atoms with van der Waals surface area (Å²) in [6.45, 7) is 10.0. The number of nitrogens with zero attached hydrogens (tertiary/aromatic N) is 1. The number of ether oxygens (including phenoxy) is 5. The third kappa shape index (κ3) is 37.2. The number of carbonyl (C=O) groups excluding carboxylic acids is 1. The van der Waals surface area contributed by atoms with E-state index in [9.17, 15) is 4.79 Å². The van der Waals surface area contributed by atoms with Gasteiger partial charge in [0, 0.05) is 19.6 Å². The van der Waals surface area contributed by atoms with Crippen LogP contribution in [0.2, 0.25) is 0 Å². The molecule has 314 valence electrons. The highest BCUT2D eigenvalue weighted by molar-refractivity contribution is 5.69. The summed E-state index contributed by atoms with van der Waals surface area (Å²) >= 11 is 0. The molecule has 1 rings (SSSR count). The summed E-state index contributed by atoms with van der Waals surface area (Å²) in [6.07, 6.45) is 48.5. The van der Waals surface area contributed by atoms with Gasteiger partial charge in [-0.3, -0.25) is 4.79 Å². The molecule has 1 fully saturated rings. The standard InChI is InChI=1S/C47H85NO6/c1-3-5-7-9-11-13-15-17-19-20-22-24-26-28-30-34-41-51-45-53-43-46(54-47(49)36-35-39-48-37-31-32-38-48)42-52-44-50-40-33-29-27-25-23-21-18-16-14-12-10-8-6-4-2/h11-14,17-19,21,46H,3-10,15-16,20,22-45H2,1-2H3. The number of allylic oxidation sites excluding steroid dienone is 8. The fraction of sp³-hybridized carbons (Fsp3) is 0.809. The second-order valence-electron chi connectivity index (χ2n) is 15.0. The zero-order valence-electron chi connectivity index (χ0n) is 35.3. The van der Waals surface area contributed by atoms with Crippen LogP contribution in [0.1, 0.15) is 181 Å². The Balaban J connectivity index is 2.09. The van der Waals surface area contributed by atoms with Crippen LogP contribution in [0.25, 0.3) is 0 Å². The van der Waals surface area contributed by atoms with E-state index in [1.807, 2.05) is 0 Å². The zero-order valence-corrected chi connectivity index (χ0v) is 35.3. The molecule has 0 bridgehead atoms. The van der Waals surface area contributed by atoms with Gasteiger partial charge >= 0.3 is 5.97 Å². The highest BCUT2D eigenvalue weighted by atomic mass is 16.7. The van der Waals surface area contributed by atoms with E-state index in [2.05, 4.69) is 67.4 Å². The molecule has 0 saturated carbocycles. The molecule has 0 aliphatic carbocycles. The third-order valence-electron chi connectivity index (χ3n) is 9.77. The van der Waals surface area contributed by atoms with Crippen LogP contribution in [-0.4, -0.2) is 76.6 Å². The molecule has 0 aromatic carbocycles. The molecule has 1 saturated heterocycles. The Labute approximate surface area is 333 Å². The molecular weight excluding hydrogens is 675 g/mol. The summed E-state index contributed by atoms with van der Waals surface area (Å²) in [5.74, 6) is -0.191. The number of esters is 1. The predicted molar refractivity (Wildman–Crippen MR) is 228 cm³/mol. The van der Waals surface area contributed by atoms with Crippen LogP contribution in [-0.2, 0) is 28.5 Å². The van der Waals surface area contributed by atoms with E-state index in [1.54, 1.807) is 0 Å². The van der Waals surface area contributed by atoms with E-state index in [0.29, 0.717) is 19.6 Å². The number of hydrogen-bond acceptors (Lipinski definition) is 7.